The minimum absolute atomic E-state index is 0.104. The Morgan fingerprint density at radius 1 is 0.931 bits per heavy atom. The van der Waals surface area contributed by atoms with Crippen molar-refractivity contribution in [1.29, 1.82) is 0 Å². The Morgan fingerprint density at radius 2 is 1.66 bits per heavy atom. The third-order valence-electron chi connectivity index (χ3n) is 5.56. The second-order valence-electron chi connectivity index (χ2n) is 7.62. The van der Waals surface area contributed by atoms with Crippen LogP contribution in [0.15, 0.2) is 35.3 Å². The third kappa shape index (κ3) is 2.97. The van der Waals surface area contributed by atoms with Crippen LogP contribution in [0.5, 0.6) is 23.0 Å². The van der Waals surface area contributed by atoms with Gasteiger partial charge in [-0.1, -0.05) is 6.07 Å². The first-order valence-corrected chi connectivity index (χ1v) is 9.64. The molecule has 29 heavy (non-hydrogen) atoms. The molecular weight excluding hydrogens is 366 g/mol. The fourth-order valence-corrected chi connectivity index (χ4v) is 4.45. The number of phenolic OH excluding ortho intramolecular Hbond substituents is 2. The molecule has 4 rings (SSSR count). The van der Waals surface area contributed by atoms with Gasteiger partial charge in [-0.15, -0.1) is 0 Å². The van der Waals surface area contributed by atoms with Gasteiger partial charge in [-0.25, -0.2) is 0 Å². The monoisotopic (exact) mass is 391 g/mol. The van der Waals surface area contributed by atoms with Crippen LogP contribution >= 0.6 is 0 Å². The molecule has 0 saturated carbocycles. The number of benzene rings is 3. The zero-order valence-corrected chi connectivity index (χ0v) is 17.3. The van der Waals surface area contributed by atoms with Gasteiger partial charge in [-0.3, -0.25) is 4.99 Å². The number of phenols is 2. The van der Waals surface area contributed by atoms with E-state index in [9.17, 15) is 10.2 Å². The van der Waals surface area contributed by atoms with Gasteiger partial charge in [0.15, 0.2) is 0 Å². The summed E-state index contributed by atoms with van der Waals surface area (Å²) in [5.41, 5.74) is 5.36. The highest BCUT2D eigenvalue weighted by Gasteiger charge is 2.27. The zero-order valence-electron chi connectivity index (χ0n) is 17.3. The van der Waals surface area contributed by atoms with Crippen LogP contribution in [0.4, 0.5) is 0 Å². The smallest absolute Gasteiger partial charge is 0.131 e. The molecule has 0 saturated heterocycles. The van der Waals surface area contributed by atoms with Gasteiger partial charge in [0.05, 0.1) is 25.6 Å². The topological polar surface area (TPSA) is 71.3 Å². The second-order valence-corrected chi connectivity index (χ2v) is 7.62. The van der Waals surface area contributed by atoms with Crippen molar-refractivity contribution in [3.63, 3.8) is 0 Å². The van der Waals surface area contributed by atoms with Crippen molar-refractivity contribution >= 4 is 16.5 Å². The van der Waals surface area contributed by atoms with E-state index in [0.29, 0.717) is 23.3 Å². The average molecular weight is 391 g/mol. The molecule has 2 N–H and O–H groups in total. The Morgan fingerprint density at radius 3 is 2.34 bits per heavy atom. The fraction of sp³-hybridized carbons (Fsp3) is 0.292. The van der Waals surface area contributed by atoms with Gasteiger partial charge in [-0.05, 0) is 67.5 Å². The van der Waals surface area contributed by atoms with Crippen LogP contribution in [0.3, 0.4) is 0 Å². The standard InChI is InChI=1S/C24H25NO4/c1-12-8-16-15(6-7-20(28-4)24(16)18(26)9-12)23-17-10-13(2)25-14(3)22(17)21(29-5)11-19(23)27/h6-9,11,13,26-27H,10H2,1-5H3/t13-/m1/s1. The quantitative estimate of drug-likeness (QED) is 0.659. The lowest BCUT2D eigenvalue weighted by molar-refractivity contribution is 0.405. The Labute approximate surface area is 170 Å². The van der Waals surface area contributed by atoms with Crippen molar-refractivity contribution in [2.45, 2.75) is 33.2 Å². The van der Waals surface area contributed by atoms with Crippen molar-refractivity contribution in [2.75, 3.05) is 14.2 Å². The fourth-order valence-electron chi connectivity index (χ4n) is 4.45. The number of ether oxygens (including phenoxy) is 2. The molecule has 1 heterocycles. The van der Waals surface area contributed by atoms with Crippen LogP contribution in [-0.2, 0) is 6.42 Å². The van der Waals surface area contributed by atoms with Gasteiger partial charge >= 0.3 is 0 Å². The second kappa shape index (κ2) is 6.99. The zero-order chi connectivity index (χ0) is 20.9. The molecule has 0 aromatic heterocycles. The van der Waals surface area contributed by atoms with Crippen molar-refractivity contribution in [1.82, 2.24) is 0 Å². The van der Waals surface area contributed by atoms with Crippen molar-refractivity contribution in [3.8, 4) is 34.1 Å². The summed E-state index contributed by atoms with van der Waals surface area (Å²) in [4.78, 5) is 4.71. The number of hydrogen-bond acceptors (Lipinski definition) is 5. The maximum Gasteiger partial charge on any atom is 0.131 e. The number of aromatic hydroxyl groups is 2. The summed E-state index contributed by atoms with van der Waals surface area (Å²) in [5, 5.41) is 23.1. The molecule has 0 radical (unpaired) electrons. The summed E-state index contributed by atoms with van der Waals surface area (Å²) in [6.07, 6.45) is 0.693. The maximum atomic E-state index is 11.0. The molecule has 0 spiro atoms. The molecule has 1 atom stereocenters. The average Bonchev–Trinajstić information content (AvgIpc) is 2.66. The first-order valence-electron chi connectivity index (χ1n) is 9.64. The Kier molecular flexibility index (Phi) is 4.61. The molecule has 3 aromatic carbocycles. The van der Waals surface area contributed by atoms with Gasteiger partial charge < -0.3 is 19.7 Å². The highest BCUT2D eigenvalue weighted by atomic mass is 16.5. The summed E-state index contributed by atoms with van der Waals surface area (Å²) in [6.45, 7) is 5.97. The van der Waals surface area contributed by atoms with Crippen LogP contribution < -0.4 is 9.47 Å². The molecule has 0 fully saturated rings. The SMILES string of the molecule is COc1cc(O)c(-c2ccc(OC)c3c(O)cc(C)cc23)c2c1C(C)=N[C@H](C)C2. The van der Waals surface area contributed by atoms with Crippen LogP contribution in [-0.4, -0.2) is 36.2 Å². The van der Waals surface area contributed by atoms with Crippen molar-refractivity contribution < 1.29 is 19.7 Å². The predicted octanol–water partition coefficient (Wildman–Crippen LogP) is 5.00. The Hall–Kier alpha value is -3.21. The van der Waals surface area contributed by atoms with Gasteiger partial charge in [0, 0.05) is 22.9 Å². The lowest BCUT2D eigenvalue weighted by Crippen LogP contribution is -2.19. The minimum Gasteiger partial charge on any atom is -0.507 e. The number of methoxy groups -OCH3 is 2. The van der Waals surface area contributed by atoms with Crippen LogP contribution in [0.2, 0.25) is 0 Å². The summed E-state index contributed by atoms with van der Waals surface area (Å²) in [6, 6.07) is 9.25. The summed E-state index contributed by atoms with van der Waals surface area (Å²) >= 11 is 0. The first kappa shape index (κ1) is 19.1. The van der Waals surface area contributed by atoms with E-state index in [2.05, 4.69) is 6.92 Å². The van der Waals surface area contributed by atoms with E-state index < -0.39 is 0 Å². The minimum atomic E-state index is 0.104. The number of aryl methyl sites for hydroxylation is 1. The van der Waals surface area contributed by atoms with Gasteiger partial charge in [0.25, 0.3) is 0 Å². The molecule has 3 aromatic rings. The van der Waals surface area contributed by atoms with Crippen LogP contribution in [0.1, 0.15) is 30.5 Å². The molecule has 0 aliphatic carbocycles. The van der Waals surface area contributed by atoms with E-state index in [-0.39, 0.29) is 17.5 Å². The van der Waals surface area contributed by atoms with E-state index in [1.165, 1.54) is 0 Å². The molecule has 1 aliphatic heterocycles. The lowest BCUT2D eigenvalue weighted by Gasteiger charge is -2.26. The van der Waals surface area contributed by atoms with Crippen LogP contribution in [0.25, 0.3) is 21.9 Å². The molecule has 5 nitrogen and oxygen atoms in total. The van der Waals surface area contributed by atoms with E-state index in [1.54, 1.807) is 26.4 Å². The molecule has 150 valence electrons. The maximum absolute atomic E-state index is 11.0. The van der Waals surface area contributed by atoms with E-state index in [0.717, 1.165) is 38.9 Å². The van der Waals surface area contributed by atoms with E-state index in [1.807, 2.05) is 32.0 Å². The van der Waals surface area contributed by atoms with Crippen molar-refractivity contribution in [2.24, 2.45) is 4.99 Å². The highest BCUT2D eigenvalue weighted by molar-refractivity contribution is 6.09. The van der Waals surface area contributed by atoms with E-state index >= 15 is 0 Å². The first-order chi connectivity index (χ1) is 13.8. The molecule has 0 bridgehead atoms. The number of aliphatic imine (C=N–C) groups is 1. The largest absolute Gasteiger partial charge is 0.507 e. The van der Waals surface area contributed by atoms with Gasteiger partial charge in [0.1, 0.15) is 23.0 Å². The van der Waals surface area contributed by atoms with Gasteiger partial charge in [0.2, 0.25) is 0 Å². The summed E-state index contributed by atoms with van der Waals surface area (Å²) in [5.74, 6) is 1.52. The number of hydrogen-bond donors (Lipinski definition) is 2. The third-order valence-corrected chi connectivity index (χ3v) is 5.56. The predicted molar refractivity (Wildman–Crippen MR) is 116 cm³/mol. The van der Waals surface area contributed by atoms with Crippen LogP contribution in [0, 0.1) is 6.92 Å². The normalized spacial score (nSPS) is 15.8. The van der Waals surface area contributed by atoms with Crippen molar-refractivity contribution in [3.05, 3.63) is 47.0 Å². The molecular formula is C24H25NO4. The van der Waals surface area contributed by atoms with E-state index in [4.69, 9.17) is 14.5 Å². The molecule has 1 aliphatic rings. The lowest BCUT2D eigenvalue weighted by atomic mass is 9.84. The number of nitrogens with zero attached hydrogens (tertiary/aromatic N) is 1. The number of rotatable bonds is 3. The summed E-state index contributed by atoms with van der Waals surface area (Å²) < 4.78 is 11.0. The molecule has 5 heteroatoms. The highest BCUT2D eigenvalue weighted by Crippen LogP contribution is 2.47. The summed E-state index contributed by atoms with van der Waals surface area (Å²) in [7, 11) is 3.19. The Balaban J connectivity index is 2.14. The number of fused-ring (bicyclic) bond motifs is 2. The molecule has 0 amide bonds. The van der Waals surface area contributed by atoms with Gasteiger partial charge in [-0.2, -0.15) is 0 Å². The Bertz CT molecular complexity index is 1160. The molecule has 0 unspecified atom stereocenters.